The van der Waals surface area contributed by atoms with Gasteiger partial charge in [0, 0.05) is 12.0 Å². The van der Waals surface area contributed by atoms with E-state index in [0.29, 0.717) is 11.1 Å². The third-order valence-corrected chi connectivity index (χ3v) is 6.84. The maximum absolute atomic E-state index is 14.3. The molecule has 44 heavy (non-hydrogen) atoms. The molecule has 0 aliphatic carbocycles. The summed E-state index contributed by atoms with van der Waals surface area (Å²) in [4.78, 5) is 13.1. The van der Waals surface area contributed by atoms with E-state index in [-0.39, 0.29) is 16.7 Å². The number of halogens is 7. The van der Waals surface area contributed by atoms with Crippen LogP contribution in [0, 0.1) is 40.2 Å². The molecular weight excluding hydrogens is 593 g/mol. The minimum absolute atomic E-state index is 0.0227. The van der Waals surface area contributed by atoms with Gasteiger partial charge in [0.2, 0.25) is 5.91 Å². The van der Waals surface area contributed by atoms with Crippen LogP contribution >= 0.6 is 0 Å². The van der Waals surface area contributed by atoms with Crippen LogP contribution < -0.4 is 10.6 Å². The summed E-state index contributed by atoms with van der Waals surface area (Å²) < 4.78 is 96.9. The molecule has 0 spiro atoms. The van der Waals surface area contributed by atoms with E-state index in [9.17, 15) is 45.9 Å². The monoisotopic (exact) mass is 620 g/mol. The second-order valence-corrected chi connectivity index (χ2v) is 10.3. The second kappa shape index (κ2) is 14.3. The van der Waals surface area contributed by atoms with E-state index in [1.165, 1.54) is 62.4 Å². The van der Waals surface area contributed by atoms with Gasteiger partial charge in [-0.25, -0.2) is 17.6 Å². The highest BCUT2D eigenvalue weighted by Crippen LogP contribution is 2.35. The maximum Gasteiger partial charge on any atom is 0.407 e. The maximum atomic E-state index is 14.3. The number of nitriles is 2. The molecule has 232 valence electrons. The third kappa shape index (κ3) is 8.34. The molecule has 0 fully saturated rings. The zero-order valence-corrected chi connectivity index (χ0v) is 23.3. The first-order chi connectivity index (χ1) is 20.7. The van der Waals surface area contributed by atoms with Gasteiger partial charge in [-0.05, 0) is 40.3 Å². The van der Waals surface area contributed by atoms with E-state index in [1.807, 2.05) is 0 Å². The first kappa shape index (κ1) is 34.0. The van der Waals surface area contributed by atoms with Crippen LogP contribution in [-0.4, -0.2) is 35.7 Å². The van der Waals surface area contributed by atoms with Gasteiger partial charge in [0.25, 0.3) is 6.43 Å². The number of nitrogens with zero attached hydrogens (tertiary/aromatic N) is 2. The number of nitrogens with one attached hydrogen (secondary N) is 2. The van der Waals surface area contributed by atoms with Crippen LogP contribution in [0.1, 0.15) is 48.2 Å². The Morgan fingerprint density at radius 3 is 1.82 bits per heavy atom. The van der Waals surface area contributed by atoms with Crippen molar-refractivity contribution in [3.63, 3.8) is 0 Å². The number of hydrogen-bond donors (Lipinski definition) is 3. The van der Waals surface area contributed by atoms with Gasteiger partial charge in [0.1, 0.15) is 29.8 Å². The summed E-state index contributed by atoms with van der Waals surface area (Å²) in [6.07, 6.45) is -10.5. The van der Waals surface area contributed by atoms with E-state index >= 15 is 0 Å². The molecule has 0 aliphatic rings. The van der Waals surface area contributed by atoms with Crippen molar-refractivity contribution in [3.05, 3.63) is 94.6 Å². The number of carbonyl (C=O) groups is 1. The molecule has 0 bridgehead atoms. The lowest BCUT2D eigenvalue weighted by Gasteiger charge is -2.30. The van der Waals surface area contributed by atoms with Gasteiger partial charge < -0.3 is 10.4 Å². The van der Waals surface area contributed by atoms with Crippen molar-refractivity contribution < 1.29 is 40.6 Å². The number of aliphatic hydroxyl groups is 1. The fourth-order valence-corrected chi connectivity index (χ4v) is 4.47. The molecule has 4 atom stereocenters. The van der Waals surface area contributed by atoms with Crippen LogP contribution in [0.4, 0.5) is 30.7 Å². The average Bonchev–Trinajstić information content (AvgIpc) is 2.97. The third-order valence-electron chi connectivity index (χ3n) is 6.84. The van der Waals surface area contributed by atoms with E-state index in [0.717, 1.165) is 12.1 Å². The molecule has 3 aromatic carbocycles. The van der Waals surface area contributed by atoms with Crippen LogP contribution in [0.3, 0.4) is 0 Å². The molecule has 0 aliphatic heterocycles. The molecule has 6 nitrogen and oxygen atoms in total. The summed E-state index contributed by atoms with van der Waals surface area (Å²) >= 11 is 0. The fraction of sp³-hybridized carbons (Fsp3) is 0.323. The van der Waals surface area contributed by atoms with E-state index in [1.54, 1.807) is 12.1 Å². The summed E-state index contributed by atoms with van der Waals surface area (Å²) in [6.45, 7) is 2.95. The zero-order chi connectivity index (χ0) is 32.8. The number of amides is 1. The largest absolute Gasteiger partial charge is 0.407 e. The first-order valence-electron chi connectivity index (χ1n) is 13.2. The second-order valence-electron chi connectivity index (χ2n) is 10.3. The number of hydrogen-bond acceptors (Lipinski definition) is 5. The van der Waals surface area contributed by atoms with Crippen LogP contribution in [0.5, 0.6) is 0 Å². The summed E-state index contributed by atoms with van der Waals surface area (Å²) in [7, 11) is 0. The zero-order valence-electron chi connectivity index (χ0n) is 23.3. The highest BCUT2D eigenvalue weighted by molar-refractivity contribution is 5.82. The van der Waals surface area contributed by atoms with Crippen LogP contribution in [0.2, 0.25) is 0 Å². The Morgan fingerprint density at radius 1 is 0.909 bits per heavy atom. The van der Waals surface area contributed by atoms with Gasteiger partial charge in [-0.1, -0.05) is 62.4 Å². The van der Waals surface area contributed by atoms with Crippen molar-refractivity contribution in [1.29, 1.82) is 10.5 Å². The molecule has 3 rings (SSSR count). The highest BCUT2D eigenvalue weighted by Gasteiger charge is 2.43. The summed E-state index contributed by atoms with van der Waals surface area (Å²) in [5.74, 6) is -3.95. The van der Waals surface area contributed by atoms with Crippen molar-refractivity contribution in [2.45, 2.75) is 57.1 Å². The lowest BCUT2D eigenvalue weighted by Crippen LogP contribution is -2.53. The standard InChI is InChI=1S/C31H27F7N4O2/c1-16(2)26(30(44)41-22(15-40)13-23-24(32)11-17(14-39)12-25(23)33)42-28(31(36,37)38)21-9-5-19(6-10-21)18-3-7-20(8-4-18)27(43)29(34)35/h3-12,16,22,26-29,42-43H,13H2,1-2H3,(H,41,44)/t22-,26-,27+,28-/m0/s1. The van der Waals surface area contributed by atoms with Crippen molar-refractivity contribution in [2.24, 2.45) is 5.92 Å². The minimum atomic E-state index is -4.87. The molecule has 0 heterocycles. The van der Waals surface area contributed by atoms with Crippen molar-refractivity contribution >= 4 is 5.91 Å². The molecule has 1 amide bonds. The quantitative estimate of drug-likeness (QED) is 0.219. The molecule has 0 saturated carbocycles. The number of alkyl halides is 5. The molecular formula is C31H27F7N4O2. The highest BCUT2D eigenvalue weighted by atomic mass is 19.4. The molecule has 0 aromatic heterocycles. The average molecular weight is 621 g/mol. The van der Waals surface area contributed by atoms with Crippen molar-refractivity contribution in [3.8, 4) is 23.3 Å². The summed E-state index contributed by atoms with van der Waals surface area (Å²) in [5.41, 5.74) is -0.175. The van der Waals surface area contributed by atoms with Crippen molar-refractivity contribution in [2.75, 3.05) is 0 Å². The number of carbonyl (C=O) groups excluding carboxylic acids is 1. The number of benzene rings is 3. The predicted octanol–water partition coefficient (Wildman–Crippen LogP) is 6.27. The van der Waals surface area contributed by atoms with Gasteiger partial charge in [-0.15, -0.1) is 0 Å². The summed E-state index contributed by atoms with van der Waals surface area (Å²) in [6, 6.07) is 10.1. The van der Waals surface area contributed by atoms with Gasteiger partial charge in [-0.2, -0.15) is 23.7 Å². The Bertz CT molecular complexity index is 1510. The molecule has 0 unspecified atom stereocenters. The van der Waals surface area contributed by atoms with Crippen LogP contribution in [0.25, 0.3) is 11.1 Å². The van der Waals surface area contributed by atoms with E-state index < -0.39 is 72.3 Å². The minimum Gasteiger partial charge on any atom is -0.382 e. The van der Waals surface area contributed by atoms with Gasteiger partial charge in [-0.3, -0.25) is 10.1 Å². The lowest BCUT2D eigenvalue weighted by molar-refractivity contribution is -0.161. The van der Waals surface area contributed by atoms with Gasteiger partial charge in [0.15, 0.2) is 0 Å². The van der Waals surface area contributed by atoms with E-state index in [2.05, 4.69) is 10.6 Å². The lowest BCUT2D eigenvalue weighted by atomic mass is 9.96. The SMILES string of the molecule is CC(C)[C@H](N[C@@H](c1ccc(-c2ccc([C@@H](O)C(F)F)cc2)cc1)C(F)(F)F)C(=O)N[C@H](C#N)Cc1c(F)cc(C#N)cc1F. The Labute approximate surface area is 248 Å². The molecule has 3 N–H and O–H groups in total. The molecule has 0 radical (unpaired) electrons. The Hall–Kier alpha value is -4.46. The molecule has 0 saturated heterocycles. The molecule has 3 aromatic rings. The molecule has 13 heteroatoms. The topological polar surface area (TPSA) is 109 Å². The number of aliphatic hydroxyl groups excluding tert-OH is 1. The fourth-order valence-electron chi connectivity index (χ4n) is 4.47. The first-order valence-corrected chi connectivity index (χ1v) is 13.2. The predicted molar refractivity (Wildman–Crippen MR) is 146 cm³/mol. The Kier molecular flexibility index (Phi) is 11.1. The van der Waals surface area contributed by atoms with E-state index in [4.69, 9.17) is 5.26 Å². The van der Waals surface area contributed by atoms with Gasteiger partial charge >= 0.3 is 6.18 Å². The smallest absolute Gasteiger partial charge is 0.382 e. The number of rotatable bonds is 11. The van der Waals surface area contributed by atoms with Gasteiger partial charge in [0.05, 0.1) is 23.7 Å². The van der Waals surface area contributed by atoms with Crippen molar-refractivity contribution in [1.82, 2.24) is 10.6 Å². The summed E-state index contributed by atoms with van der Waals surface area (Å²) in [5, 5.41) is 32.4. The van der Waals surface area contributed by atoms with Crippen LogP contribution in [-0.2, 0) is 11.2 Å². The normalized spacial score (nSPS) is 14.4. The Balaban J connectivity index is 1.80. The van der Waals surface area contributed by atoms with Crippen LogP contribution in [0.15, 0.2) is 60.7 Å². The Morgan fingerprint density at radius 2 is 1.41 bits per heavy atom.